The van der Waals surface area contributed by atoms with E-state index < -0.39 is 0 Å². The van der Waals surface area contributed by atoms with Gasteiger partial charge in [0.2, 0.25) is 0 Å². The maximum Gasteiger partial charge on any atom is 0.106 e. The van der Waals surface area contributed by atoms with Crippen LogP contribution in [0.2, 0.25) is 0 Å². The van der Waals surface area contributed by atoms with Gasteiger partial charge in [0.1, 0.15) is 4.60 Å². The van der Waals surface area contributed by atoms with Gasteiger partial charge in [0.05, 0.1) is 0 Å². The summed E-state index contributed by atoms with van der Waals surface area (Å²) in [5, 5.41) is 3.42. The lowest BCUT2D eigenvalue weighted by Gasteiger charge is -2.42. The van der Waals surface area contributed by atoms with Crippen LogP contribution in [-0.4, -0.2) is 36.1 Å². The molecule has 0 amide bonds. The fraction of sp³-hybridized carbons (Fsp3) is 0.643. The van der Waals surface area contributed by atoms with Gasteiger partial charge in [0.25, 0.3) is 0 Å². The zero-order valence-corrected chi connectivity index (χ0v) is 13.0. The summed E-state index contributed by atoms with van der Waals surface area (Å²) in [5.74, 6) is 0. The van der Waals surface area contributed by atoms with Gasteiger partial charge in [-0.05, 0) is 33.0 Å². The Morgan fingerprint density at radius 3 is 2.44 bits per heavy atom. The van der Waals surface area contributed by atoms with Crippen LogP contribution in [0.1, 0.15) is 32.4 Å². The molecule has 2 rings (SSSR count). The number of pyridine rings is 1. The molecule has 18 heavy (non-hydrogen) atoms. The van der Waals surface area contributed by atoms with E-state index in [1.54, 1.807) is 0 Å². The zero-order chi connectivity index (χ0) is 13.2. The molecule has 1 N–H and O–H groups in total. The van der Waals surface area contributed by atoms with Crippen molar-refractivity contribution >= 4 is 15.9 Å². The van der Waals surface area contributed by atoms with Crippen LogP contribution in [0.4, 0.5) is 0 Å². The van der Waals surface area contributed by atoms with Gasteiger partial charge in [-0.25, -0.2) is 4.98 Å². The van der Waals surface area contributed by atoms with Crippen LogP contribution in [0.5, 0.6) is 0 Å². The standard InChI is InChI=1S/C14H22BrN3/c1-14(2,3)13(18-8-6-16-7-9-18)11-4-5-12(15)17-10-11/h4-5,10,13,16H,6-9H2,1-3H3/t13-/m1/s1. The van der Waals surface area contributed by atoms with E-state index in [0.717, 1.165) is 30.8 Å². The summed E-state index contributed by atoms with van der Waals surface area (Å²) in [5.41, 5.74) is 1.53. The number of nitrogens with one attached hydrogen (secondary N) is 1. The minimum absolute atomic E-state index is 0.215. The molecule has 4 heteroatoms. The molecule has 1 atom stereocenters. The van der Waals surface area contributed by atoms with Crippen molar-refractivity contribution in [1.29, 1.82) is 0 Å². The maximum absolute atomic E-state index is 4.38. The predicted molar refractivity (Wildman–Crippen MR) is 78.6 cm³/mol. The summed E-state index contributed by atoms with van der Waals surface area (Å²) in [4.78, 5) is 6.95. The Balaban J connectivity index is 2.27. The second-order valence-corrected chi connectivity index (χ2v) is 6.78. The second-order valence-electron chi connectivity index (χ2n) is 5.97. The number of hydrogen-bond donors (Lipinski definition) is 1. The molecular formula is C14H22BrN3. The molecule has 1 saturated heterocycles. The van der Waals surface area contributed by atoms with E-state index in [2.05, 4.69) is 58.0 Å². The van der Waals surface area contributed by atoms with Crippen molar-refractivity contribution < 1.29 is 0 Å². The summed E-state index contributed by atoms with van der Waals surface area (Å²) < 4.78 is 0.902. The summed E-state index contributed by atoms with van der Waals surface area (Å²) >= 11 is 3.41. The first-order valence-corrected chi connectivity index (χ1v) is 7.34. The van der Waals surface area contributed by atoms with Gasteiger partial charge in [-0.2, -0.15) is 0 Å². The zero-order valence-electron chi connectivity index (χ0n) is 11.4. The van der Waals surface area contributed by atoms with Crippen molar-refractivity contribution in [2.24, 2.45) is 5.41 Å². The fourth-order valence-corrected chi connectivity index (χ4v) is 2.98. The third-order valence-electron chi connectivity index (χ3n) is 3.40. The molecule has 0 aliphatic carbocycles. The van der Waals surface area contributed by atoms with Crippen LogP contribution in [0, 0.1) is 5.41 Å². The molecule has 0 unspecified atom stereocenters. The van der Waals surface area contributed by atoms with Crippen molar-refractivity contribution in [3.63, 3.8) is 0 Å². The normalized spacial score (nSPS) is 19.8. The Morgan fingerprint density at radius 2 is 1.94 bits per heavy atom. The molecule has 1 aromatic heterocycles. The second kappa shape index (κ2) is 5.68. The number of halogens is 1. The first-order valence-electron chi connectivity index (χ1n) is 6.55. The third-order valence-corrected chi connectivity index (χ3v) is 3.87. The lowest BCUT2D eigenvalue weighted by atomic mass is 9.81. The Bertz CT molecular complexity index is 377. The van der Waals surface area contributed by atoms with E-state index in [0.29, 0.717) is 6.04 Å². The molecule has 100 valence electrons. The van der Waals surface area contributed by atoms with Gasteiger partial charge < -0.3 is 5.32 Å². The van der Waals surface area contributed by atoms with Crippen molar-refractivity contribution in [3.8, 4) is 0 Å². The number of piperazine rings is 1. The number of hydrogen-bond acceptors (Lipinski definition) is 3. The molecule has 1 aliphatic heterocycles. The predicted octanol–water partition coefficient (Wildman–Crippen LogP) is 2.84. The van der Waals surface area contributed by atoms with Gasteiger partial charge in [-0.15, -0.1) is 0 Å². The highest BCUT2D eigenvalue weighted by atomic mass is 79.9. The van der Waals surface area contributed by atoms with Crippen molar-refractivity contribution in [1.82, 2.24) is 15.2 Å². The highest BCUT2D eigenvalue weighted by Gasteiger charge is 2.32. The lowest BCUT2D eigenvalue weighted by Crippen LogP contribution is -2.48. The monoisotopic (exact) mass is 311 g/mol. The van der Waals surface area contributed by atoms with E-state index in [4.69, 9.17) is 0 Å². The average molecular weight is 312 g/mol. The van der Waals surface area contributed by atoms with Gasteiger partial charge >= 0.3 is 0 Å². The van der Waals surface area contributed by atoms with Crippen molar-refractivity contribution in [2.45, 2.75) is 26.8 Å². The first-order chi connectivity index (χ1) is 8.48. The van der Waals surface area contributed by atoms with Gasteiger partial charge in [-0.1, -0.05) is 26.8 Å². The van der Waals surface area contributed by atoms with E-state index >= 15 is 0 Å². The molecule has 0 spiro atoms. The smallest absolute Gasteiger partial charge is 0.106 e. The Hall–Kier alpha value is -0.450. The van der Waals surface area contributed by atoms with E-state index in [-0.39, 0.29) is 5.41 Å². The van der Waals surface area contributed by atoms with Gasteiger partial charge in [0, 0.05) is 38.4 Å². The van der Waals surface area contributed by atoms with Gasteiger partial charge in [0.15, 0.2) is 0 Å². The maximum atomic E-state index is 4.38. The topological polar surface area (TPSA) is 28.2 Å². The fourth-order valence-electron chi connectivity index (χ4n) is 2.75. The number of nitrogens with zero attached hydrogens (tertiary/aromatic N) is 2. The van der Waals surface area contributed by atoms with Gasteiger partial charge in [-0.3, -0.25) is 4.90 Å². The molecule has 0 radical (unpaired) electrons. The minimum atomic E-state index is 0.215. The van der Waals surface area contributed by atoms with Crippen LogP contribution < -0.4 is 5.32 Å². The largest absolute Gasteiger partial charge is 0.314 e. The molecule has 1 fully saturated rings. The van der Waals surface area contributed by atoms with E-state index in [1.807, 2.05) is 12.3 Å². The van der Waals surface area contributed by atoms with Crippen molar-refractivity contribution in [3.05, 3.63) is 28.5 Å². The first kappa shape index (κ1) is 14.0. The summed E-state index contributed by atoms with van der Waals surface area (Å²) in [6.45, 7) is 11.3. The highest BCUT2D eigenvalue weighted by molar-refractivity contribution is 9.10. The van der Waals surface area contributed by atoms with Crippen LogP contribution in [0.25, 0.3) is 0 Å². The Labute approximate surface area is 118 Å². The Morgan fingerprint density at radius 1 is 1.28 bits per heavy atom. The molecule has 1 aliphatic rings. The van der Waals surface area contributed by atoms with Crippen molar-refractivity contribution in [2.75, 3.05) is 26.2 Å². The number of aromatic nitrogens is 1. The summed E-state index contributed by atoms with van der Waals surface area (Å²) in [6.07, 6.45) is 2.00. The minimum Gasteiger partial charge on any atom is -0.314 e. The number of rotatable bonds is 2. The molecular weight excluding hydrogens is 290 g/mol. The SMILES string of the molecule is CC(C)(C)[C@@H](c1ccc(Br)nc1)N1CCNCC1. The van der Waals surface area contributed by atoms with Crippen LogP contribution in [-0.2, 0) is 0 Å². The average Bonchev–Trinajstić information content (AvgIpc) is 2.32. The molecule has 1 aromatic rings. The third kappa shape index (κ3) is 3.31. The summed E-state index contributed by atoms with van der Waals surface area (Å²) in [6, 6.07) is 4.66. The van der Waals surface area contributed by atoms with E-state index in [1.165, 1.54) is 5.56 Å². The molecule has 0 bridgehead atoms. The Kier molecular flexibility index (Phi) is 4.41. The summed E-state index contributed by atoms with van der Waals surface area (Å²) in [7, 11) is 0. The lowest BCUT2D eigenvalue weighted by molar-refractivity contribution is 0.0859. The van der Waals surface area contributed by atoms with Crippen LogP contribution in [0.15, 0.2) is 22.9 Å². The van der Waals surface area contributed by atoms with E-state index in [9.17, 15) is 0 Å². The van der Waals surface area contributed by atoms with Crippen LogP contribution in [0.3, 0.4) is 0 Å². The molecule has 3 nitrogen and oxygen atoms in total. The molecule has 0 saturated carbocycles. The highest BCUT2D eigenvalue weighted by Crippen LogP contribution is 2.37. The quantitative estimate of drug-likeness (QED) is 0.851. The van der Waals surface area contributed by atoms with Crippen LogP contribution >= 0.6 is 15.9 Å². The molecule has 0 aromatic carbocycles. The molecule has 2 heterocycles.